The molecular weight excluding hydrogens is 424 g/mol. The van der Waals surface area contributed by atoms with Gasteiger partial charge in [-0.25, -0.2) is 0 Å². The summed E-state index contributed by atoms with van der Waals surface area (Å²) in [5.41, 5.74) is -0.602. The summed E-state index contributed by atoms with van der Waals surface area (Å²) < 4.78 is 0. The molecule has 2 aliphatic carbocycles. The molecule has 0 aromatic rings. The van der Waals surface area contributed by atoms with Crippen LogP contribution in [0.3, 0.4) is 0 Å². The summed E-state index contributed by atoms with van der Waals surface area (Å²) >= 11 is 0. The zero-order valence-electron chi connectivity index (χ0n) is 22.2. The maximum absolute atomic E-state index is 12.9. The van der Waals surface area contributed by atoms with Crippen molar-refractivity contribution in [2.24, 2.45) is 23.2 Å². The summed E-state index contributed by atoms with van der Waals surface area (Å²) in [6.45, 7) is 6.02. The highest BCUT2D eigenvalue weighted by atomic mass is 16.3. The molecule has 0 aromatic carbocycles. The molecule has 0 spiro atoms. The molecule has 4 nitrogen and oxygen atoms in total. The van der Waals surface area contributed by atoms with Crippen molar-refractivity contribution >= 4 is 17.9 Å². The number of rotatable bonds is 19. The number of unbranched alkanes of at least 4 members (excludes halogenated alkanes) is 5. The van der Waals surface area contributed by atoms with Crippen LogP contribution in [0.2, 0.25) is 0 Å². The Hall–Kier alpha value is -1.29. The predicted molar refractivity (Wildman–Crippen MR) is 139 cm³/mol. The smallest absolute Gasteiger partial charge is 0.136 e. The van der Waals surface area contributed by atoms with Crippen LogP contribution >= 0.6 is 0 Å². The minimum atomic E-state index is -0.636. The fraction of sp³-hybridized carbons (Fsp3) is 0.833. The Kier molecular flexibility index (Phi) is 12.2. The number of ketones is 2. The lowest BCUT2D eigenvalue weighted by Crippen LogP contribution is -2.33. The van der Waals surface area contributed by atoms with E-state index in [0.29, 0.717) is 37.5 Å². The van der Waals surface area contributed by atoms with E-state index in [0.717, 1.165) is 64.1 Å². The molecule has 0 aliphatic heterocycles. The van der Waals surface area contributed by atoms with Crippen molar-refractivity contribution < 1.29 is 19.5 Å². The van der Waals surface area contributed by atoms with Crippen molar-refractivity contribution in [3.63, 3.8) is 0 Å². The Bertz CT molecular complexity index is 668. The van der Waals surface area contributed by atoms with Gasteiger partial charge in [-0.2, -0.15) is 0 Å². The standard InChI is InChI=1S/C30H50O4/c1-4-30(29(2,3)34)23-26(30)18-10-6-5-9-17-25(28(33)19-11-7-8-14-20-31)22-27(32)21-24-15-12-13-16-24/h10,18,20,24-26,34H,4-9,11-17,19,21-23H2,1-3H3/b18-10-/t25-,26+,30+/m1/s1. The molecule has 2 fully saturated rings. The van der Waals surface area contributed by atoms with Crippen LogP contribution in [0.15, 0.2) is 12.2 Å². The second-order valence-electron chi connectivity index (χ2n) is 11.6. The Labute approximate surface area is 208 Å². The van der Waals surface area contributed by atoms with E-state index >= 15 is 0 Å². The van der Waals surface area contributed by atoms with Crippen molar-refractivity contribution in [3.8, 4) is 0 Å². The highest BCUT2D eigenvalue weighted by Crippen LogP contribution is 2.62. The summed E-state index contributed by atoms with van der Waals surface area (Å²) in [4.78, 5) is 36.1. The predicted octanol–water partition coefficient (Wildman–Crippen LogP) is 7.16. The van der Waals surface area contributed by atoms with Gasteiger partial charge in [-0.15, -0.1) is 0 Å². The first kappa shape index (κ1) is 28.9. The van der Waals surface area contributed by atoms with Crippen molar-refractivity contribution in [1.29, 1.82) is 0 Å². The molecule has 0 saturated heterocycles. The van der Waals surface area contributed by atoms with Crippen molar-refractivity contribution in [3.05, 3.63) is 12.2 Å². The molecule has 2 saturated carbocycles. The largest absolute Gasteiger partial charge is 0.390 e. The topological polar surface area (TPSA) is 71.4 Å². The maximum Gasteiger partial charge on any atom is 0.136 e. The molecule has 0 heterocycles. The van der Waals surface area contributed by atoms with E-state index in [4.69, 9.17) is 0 Å². The van der Waals surface area contributed by atoms with E-state index in [2.05, 4.69) is 19.1 Å². The van der Waals surface area contributed by atoms with E-state index in [9.17, 15) is 19.5 Å². The lowest BCUT2D eigenvalue weighted by molar-refractivity contribution is -0.128. The summed E-state index contributed by atoms with van der Waals surface area (Å²) in [5.74, 6) is 1.41. The van der Waals surface area contributed by atoms with Gasteiger partial charge in [-0.1, -0.05) is 57.6 Å². The SMILES string of the molecule is CC[C@]1(C(C)(C)O)C[C@@H]1/C=C\CCCC[C@H](CC(=O)CC1CCCC1)C(=O)CCCCCC=O. The van der Waals surface area contributed by atoms with E-state index < -0.39 is 5.60 Å². The van der Waals surface area contributed by atoms with Crippen molar-refractivity contribution in [2.45, 2.75) is 136 Å². The molecule has 0 aromatic heterocycles. The van der Waals surface area contributed by atoms with Crippen LogP contribution in [0.4, 0.5) is 0 Å². The number of allylic oxidation sites excluding steroid dienone is 2. The molecule has 194 valence electrons. The van der Waals surface area contributed by atoms with Crippen LogP contribution in [0.5, 0.6) is 0 Å². The lowest BCUT2D eigenvalue weighted by atomic mass is 9.83. The van der Waals surface area contributed by atoms with Gasteiger partial charge in [0, 0.05) is 37.0 Å². The minimum Gasteiger partial charge on any atom is -0.390 e. The number of aldehydes is 1. The van der Waals surface area contributed by atoms with Gasteiger partial charge in [0.25, 0.3) is 0 Å². The first-order chi connectivity index (χ1) is 16.2. The highest BCUT2D eigenvalue weighted by Gasteiger charge is 2.59. The van der Waals surface area contributed by atoms with E-state index in [-0.39, 0.29) is 22.9 Å². The van der Waals surface area contributed by atoms with Gasteiger partial charge in [0.15, 0.2) is 0 Å². The Morgan fingerprint density at radius 1 is 1.06 bits per heavy atom. The van der Waals surface area contributed by atoms with E-state index in [1.165, 1.54) is 25.7 Å². The molecule has 2 aliphatic rings. The average Bonchev–Trinajstić information content (AvgIpc) is 3.31. The van der Waals surface area contributed by atoms with Crippen LogP contribution in [-0.4, -0.2) is 28.6 Å². The highest BCUT2D eigenvalue weighted by molar-refractivity contribution is 5.88. The third-order valence-corrected chi connectivity index (χ3v) is 8.69. The van der Waals surface area contributed by atoms with E-state index in [1.807, 2.05) is 13.8 Å². The molecule has 0 amide bonds. The van der Waals surface area contributed by atoms with Crippen molar-refractivity contribution in [1.82, 2.24) is 0 Å². The Morgan fingerprint density at radius 2 is 1.76 bits per heavy atom. The molecular formula is C30H50O4. The summed E-state index contributed by atoms with van der Waals surface area (Å²) in [6.07, 6.45) is 20.9. The van der Waals surface area contributed by atoms with Gasteiger partial charge in [-0.3, -0.25) is 9.59 Å². The second-order valence-corrected chi connectivity index (χ2v) is 11.6. The number of aliphatic hydroxyl groups is 1. The lowest BCUT2D eigenvalue weighted by Gasteiger charge is -2.29. The normalized spacial score (nSPS) is 23.9. The summed E-state index contributed by atoms with van der Waals surface area (Å²) in [7, 11) is 0. The van der Waals surface area contributed by atoms with Gasteiger partial charge < -0.3 is 9.90 Å². The second kappa shape index (κ2) is 14.3. The first-order valence-electron chi connectivity index (χ1n) is 14.1. The average molecular weight is 475 g/mol. The molecule has 34 heavy (non-hydrogen) atoms. The quantitative estimate of drug-likeness (QED) is 0.122. The van der Waals surface area contributed by atoms with Crippen molar-refractivity contribution in [2.75, 3.05) is 0 Å². The van der Waals surface area contributed by atoms with Gasteiger partial charge >= 0.3 is 0 Å². The third-order valence-electron chi connectivity index (χ3n) is 8.69. The number of Topliss-reactive ketones (excluding diaryl/α,β-unsaturated/α-hetero) is 2. The van der Waals surface area contributed by atoms with Gasteiger partial charge in [0.2, 0.25) is 0 Å². The number of carbonyl (C=O) groups is 3. The fourth-order valence-electron chi connectivity index (χ4n) is 6.22. The zero-order chi connectivity index (χ0) is 25.0. The van der Waals surface area contributed by atoms with Crippen LogP contribution in [0.1, 0.15) is 130 Å². The molecule has 1 N–H and O–H groups in total. The van der Waals surface area contributed by atoms with E-state index in [1.54, 1.807) is 0 Å². The fourth-order valence-corrected chi connectivity index (χ4v) is 6.22. The summed E-state index contributed by atoms with van der Waals surface area (Å²) in [6, 6.07) is 0. The molecule has 0 unspecified atom stereocenters. The van der Waals surface area contributed by atoms with Gasteiger partial charge in [-0.05, 0) is 70.6 Å². The van der Waals surface area contributed by atoms with Gasteiger partial charge in [0.1, 0.15) is 17.9 Å². The van der Waals surface area contributed by atoms with Crippen LogP contribution in [-0.2, 0) is 14.4 Å². The van der Waals surface area contributed by atoms with Gasteiger partial charge in [0.05, 0.1) is 5.60 Å². The van der Waals surface area contributed by atoms with Crippen LogP contribution in [0, 0.1) is 23.2 Å². The molecule has 2 rings (SSSR count). The minimum absolute atomic E-state index is 0.0341. The number of hydrogen-bond acceptors (Lipinski definition) is 4. The maximum atomic E-state index is 12.9. The summed E-state index contributed by atoms with van der Waals surface area (Å²) in [5, 5.41) is 10.5. The number of hydrogen-bond donors (Lipinski definition) is 1. The monoisotopic (exact) mass is 474 g/mol. The first-order valence-corrected chi connectivity index (χ1v) is 14.1. The molecule has 4 heteroatoms. The molecule has 0 bridgehead atoms. The van der Waals surface area contributed by atoms with Crippen LogP contribution < -0.4 is 0 Å². The third kappa shape index (κ3) is 9.06. The number of carbonyl (C=O) groups excluding carboxylic acids is 3. The Morgan fingerprint density at radius 3 is 2.38 bits per heavy atom. The molecule has 0 radical (unpaired) electrons. The molecule has 3 atom stereocenters. The van der Waals surface area contributed by atoms with Crippen LogP contribution in [0.25, 0.3) is 0 Å². The Balaban J connectivity index is 1.75. The zero-order valence-corrected chi connectivity index (χ0v) is 22.2.